The van der Waals surface area contributed by atoms with Crippen molar-refractivity contribution in [2.45, 2.75) is 69.2 Å². The second-order valence-corrected chi connectivity index (χ2v) is 32.1. The smallest absolute Gasteiger partial charge is 0.0620 e. The SMILES string of the molecule is Cc1c(C)c(C)[c-](C)c1C.Cc1c(C)c(C)[c-](C)c1C.[Ru+]=[C]=CC=[C]=[Ru+].c1ccc([PH+](CC[PH+](c2ccccc2)c2ccccc2)c2ccccc2)cc1.c1ccc([PH+](CC[PH+](c2ccccc2)c2ccccc2)c2ccccc2)cc1. The van der Waals surface area contributed by atoms with Gasteiger partial charge in [-0.05, 0) is 97.1 Å². The maximum atomic E-state index is 2.74. The predicted molar refractivity (Wildman–Crippen MR) is 372 cm³/mol. The molecule has 0 aliphatic carbocycles. The quantitative estimate of drug-likeness (QED) is 0.0415. The first-order valence-corrected chi connectivity index (χ1v) is 37.0. The van der Waals surface area contributed by atoms with Crippen LogP contribution in [-0.4, -0.2) is 33.2 Å². The summed E-state index contributed by atoms with van der Waals surface area (Å²) in [5, 5.41) is 12.1. The Balaban J connectivity index is 0.000000185. The van der Waals surface area contributed by atoms with Gasteiger partial charge in [0, 0.05) is 0 Å². The van der Waals surface area contributed by atoms with Gasteiger partial charge >= 0.3 is 56.4 Å². The van der Waals surface area contributed by atoms with Crippen molar-refractivity contribution in [2.24, 2.45) is 0 Å². The molecule has 0 heterocycles. The molecule has 0 spiro atoms. The van der Waals surface area contributed by atoms with E-state index in [1.807, 2.05) is 0 Å². The van der Waals surface area contributed by atoms with E-state index >= 15 is 0 Å². The summed E-state index contributed by atoms with van der Waals surface area (Å²) in [4.78, 5) is 0. The van der Waals surface area contributed by atoms with Gasteiger partial charge in [-0.3, -0.25) is 0 Å². The number of hydrogen-bond acceptors (Lipinski definition) is 0. The van der Waals surface area contributed by atoms with Crippen LogP contribution < -0.4 is 42.4 Å². The molecule has 82 heavy (non-hydrogen) atoms. The number of rotatable bonds is 15. The Morgan fingerprint density at radius 1 is 0.268 bits per heavy atom. The third kappa shape index (κ3) is 19.7. The van der Waals surface area contributed by atoms with Crippen LogP contribution in [0.25, 0.3) is 0 Å². The minimum atomic E-state index is -0.783. The van der Waals surface area contributed by atoms with Gasteiger partial charge in [0.15, 0.2) is 0 Å². The minimum Gasteiger partial charge on any atom is -0.0620 e. The topological polar surface area (TPSA) is 0 Å². The molecule has 0 fully saturated rings. The van der Waals surface area contributed by atoms with Gasteiger partial charge in [-0.25, -0.2) is 0 Å². The maximum Gasteiger partial charge on any atom is 0.101 e. The van der Waals surface area contributed by atoms with Crippen molar-refractivity contribution in [3.63, 3.8) is 0 Å². The van der Waals surface area contributed by atoms with Crippen LogP contribution >= 0.6 is 31.7 Å². The molecule has 0 unspecified atom stereocenters. The molecule has 0 N–H and O–H groups in total. The molecular weight excluding hydrogens is 1240 g/mol. The molecule has 0 aliphatic rings. The molecule has 0 saturated carbocycles. The van der Waals surface area contributed by atoms with Gasteiger partial charge < -0.3 is 0 Å². The Kier molecular flexibility index (Phi) is 28.7. The van der Waals surface area contributed by atoms with Crippen molar-refractivity contribution in [3.05, 3.63) is 310 Å². The van der Waals surface area contributed by atoms with E-state index in [4.69, 9.17) is 0 Å². The maximum absolute atomic E-state index is 2.74. The summed E-state index contributed by atoms with van der Waals surface area (Å²) < 4.78 is 5.49. The summed E-state index contributed by atoms with van der Waals surface area (Å²) in [6, 6.07) is 89.0. The Bertz CT molecular complexity index is 2790. The average Bonchev–Trinajstić information content (AvgIpc) is 3.91. The molecule has 10 aromatic rings. The molecule has 0 bridgehead atoms. The van der Waals surface area contributed by atoms with Gasteiger partial charge in [-0.1, -0.05) is 215 Å². The molecule has 0 aromatic heterocycles. The van der Waals surface area contributed by atoms with Crippen LogP contribution in [0.5, 0.6) is 0 Å². The van der Waals surface area contributed by atoms with Crippen LogP contribution in [0.4, 0.5) is 0 Å². The Labute approximate surface area is 518 Å². The second-order valence-electron chi connectivity index (χ2n) is 20.6. The molecule has 0 saturated heterocycles. The zero-order valence-corrected chi connectivity index (χ0v) is 57.3. The zero-order valence-electron chi connectivity index (χ0n) is 49.8. The summed E-state index contributed by atoms with van der Waals surface area (Å²) in [6.45, 7) is 22.0. The van der Waals surface area contributed by atoms with E-state index in [0.717, 1.165) is 0 Å². The Morgan fingerprint density at radius 3 is 0.500 bits per heavy atom. The van der Waals surface area contributed by atoms with Crippen LogP contribution in [0, 0.1) is 69.2 Å². The van der Waals surface area contributed by atoms with Crippen molar-refractivity contribution in [3.8, 4) is 0 Å². The van der Waals surface area contributed by atoms with E-state index in [9.17, 15) is 0 Å². The molecule has 420 valence electrons. The van der Waals surface area contributed by atoms with Gasteiger partial charge in [0.2, 0.25) is 0 Å². The van der Waals surface area contributed by atoms with Crippen LogP contribution in [-0.2, 0) is 35.7 Å². The van der Waals surface area contributed by atoms with Gasteiger partial charge in [-0.15, -0.1) is 0 Å². The molecule has 0 atom stereocenters. The van der Waals surface area contributed by atoms with E-state index in [1.54, 1.807) is 12.2 Å². The third-order valence-electron chi connectivity index (χ3n) is 16.1. The molecule has 6 heteroatoms. The number of allylic oxidation sites excluding steroid dienone is 2. The van der Waals surface area contributed by atoms with E-state index in [1.165, 1.54) is 123 Å². The molecular formula is C76H84P4Ru2+4. The number of hydrogen-bond donors (Lipinski definition) is 0. The monoisotopic (exact) mass is 1320 g/mol. The van der Waals surface area contributed by atoms with Crippen molar-refractivity contribution in [1.82, 2.24) is 0 Å². The van der Waals surface area contributed by atoms with Gasteiger partial charge in [0.25, 0.3) is 0 Å². The first kappa shape index (κ1) is 65.9. The molecule has 0 aliphatic heterocycles. The van der Waals surface area contributed by atoms with E-state index in [0.29, 0.717) is 0 Å². The first-order chi connectivity index (χ1) is 39.9. The van der Waals surface area contributed by atoms with Crippen LogP contribution in [0.3, 0.4) is 0 Å². The van der Waals surface area contributed by atoms with E-state index < -0.39 is 31.7 Å². The minimum absolute atomic E-state index is 0.783. The largest absolute Gasteiger partial charge is 0.101 e. The molecule has 10 rings (SSSR count). The summed E-state index contributed by atoms with van der Waals surface area (Å²) in [5.74, 6) is 0. The summed E-state index contributed by atoms with van der Waals surface area (Å²) in [7, 11) is -3.13. The second kappa shape index (κ2) is 35.8. The van der Waals surface area contributed by atoms with Gasteiger partial charge in [-0.2, -0.15) is 55.6 Å². The van der Waals surface area contributed by atoms with E-state index in [-0.39, 0.29) is 0 Å². The van der Waals surface area contributed by atoms with Crippen LogP contribution in [0.15, 0.2) is 255 Å². The average molecular weight is 1320 g/mol. The summed E-state index contributed by atoms with van der Waals surface area (Å²) in [5.41, 5.74) is 14.7. The fraction of sp³-hybridized carbons (Fsp3) is 0.184. The van der Waals surface area contributed by atoms with Crippen LogP contribution in [0.1, 0.15) is 55.6 Å². The van der Waals surface area contributed by atoms with Crippen molar-refractivity contribution in [2.75, 3.05) is 24.6 Å². The Morgan fingerprint density at radius 2 is 0.402 bits per heavy atom. The van der Waals surface area contributed by atoms with Gasteiger partial charge in [0.05, 0.1) is 74.1 Å². The van der Waals surface area contributed by atoms with Crippen LogP contribution in [0.2, 0.25) is 0 Å². The Hall–Kier alpha value is -5.27. The van der Waals surface area contributed by atoms with Crippen molar-refractivity contribution < 1.29 is 35.7 Å². The van der Waals surface area contributed by atoms with Crippen molar-refractivity contribution in [1.29, 1.82) is 0 Å². The first-order valence-electron chi connectivity index (χ1n) is 28.5. The summed E-state index contributed by atoms with van der Waals surface area (Å²) >= 11 is 4.53. The molecule has 10 aromatic carbocycles. The summed E-state index contributed by atoms with van der Waals surface area (Å²) in [6.07, 6.45) is 8.58. The molecule has 0 radical (unpaired) electrons. The normalized spacial score (nSPS) is 10.5. The standard InChI is InChI=1S/2C26H24P2.2C10H15.C4H2.2Ru/c2*1-5-13-23(14-6-1)27(24-15-7-2-8-16-24)21-22-28(25-17-9-3-10-18-25)26-19-11-4-12-20-26;2*1-6-7(2)9(4)10(5)8(6)3;1-3-4-2;;/h2*1-20H,21-22H2;2*1-5H3;3-4H;;/q;;2*-1;;2*+1/p+4. The fourth-order valence-electron chi connectivity index (χ4n) is 10.3. The predicted octanol–water partition coefficient (Wildman–Crippen LogP) is 15.3. The third-order valence-corrected chi connectivity index (χ3v) is 28.9. The van der Waals surface area contributed by atoms with Crippen molar-refractivity contribution >= 4 is 82.7 Å². The number of benzene rings is 8. The fourth-order valence-corrected chi connectivity index (χ4v) is 23.0. The zero-order chi connectivity index (χ0) is 58.6. The van der Waals surface area contributed by atoms with E-state index in [2.05, 4.69) is 356 Å². The molecule has 0 nitrogen and oxygen atoms in total. The van der Waals surface area contributed by atoms with Gasteiger partial charge in [0.1, 0.15) is 24.6 Å². The molecule has 0 amide bonds.